The zero-order chi connectivity index (χ0) is 13.5. The number of hydrogen-bond acceptors (Lipinski definition) is 4. The molecule has 0 spiro atoms. The highest BCUT2D eigenvalue weighted by Gasteiger charge is 2.18. The SMILES string of the molecule is COC(=O)CC[C@H](C(C)=O)c1ccc(OC)cc1. The molecule has 0 aromatic heterocycles. The third-order valence-corrected chi connectivity index (χ3v) is 2.87. The summed E-state index contributed by atoms with van der Waals surface area (Å²) < 4.78 is 9.65. The van der Waals surface area contributed by atoms with Crippen LogP contribution in [0.3, 0.4) is 0 Å². The van der Waals surface area contributed by atoms with E-state index in [1.807, 2.05) is 24.3 Å². The molecule has 0 aliphatic carbocycles. The van der Waals surface area contributed by atoms with Crippen LogP contribution >= 0.6 is 0 Å². The standard InChI is InChI=1S/C14H18O4/c1-10(15)13(8-9-14(16)18-3)11-4-6-12(17-2)7-5-11/h4-7,13H,8-9H2,1-3H3/t13-/m1/s1. The summed E-state index contributed by atoms with van der Waals surface area (Å²) in [5.74, 6) is 0.225. The maximum absolute atomic E-state index is 11.6. The largest absolute Gasteiger partial charge is 0.497 e. The molecule has 1 atom stereocenters. The normalized spacial score (nSPS) is 11.7. The van der Waals surface area contributed by atoms with Gasteiger partial charge in [0, 0.05) is 12.3 Å². The number of ketones is 1. The number of carbonyl (C=O) groups is 2. The second-order valence-corrected chi connectivity index (χ2v) is 4.05. The second kappa shape index (κ2) is 6.79. The molecule has 0 fully saturated rings. The van der Waals surface area contributed by atoms with E-state index in [-0.39, 0.29) is 24.1 Å². The summed E-state index contributed by atoms with van der Waals surface area (Å²) in [4.78, 5) is 22.7. The van der Waals surface area contributed by atoms with Gasteiger partial charge in [-0.15, -0.1) is 0 Å². The number of carbonyl (C=O) groups excluding carboxylic acids is 2. The first-order valence-electron chi connectivity index (χ1n) is 5.79. The van der Waals surface area contributed by atoms with Gasteiger partial charge in [-0.05, 0) is 31.0 Å². The summed E-state index contributed by atoms with van der Waals surface area (Å²) >= 11 is 0. The van der Waals surface area contributed by atoms with Gasteiger partial charge in [-0.25, -0.2) is 0 Å². The van der Waals surface area contributed by atoms with Crippen LogP contribution in [0.4, 0.5) is 0 Å². The van der Waals surface area contributed by atoms with Gasteiger partial charge in [0.1, 0.15) is 11.5 Å². The molecule has 0 saturated heterocycles. The summed E-state index contributed by atoms with van der Waals surface area (Å²) in [5.41, 5.74) is 0.896. The van der Waals surface area contributed by atoms with Gasteiger partial charge in [0.05, 0.1) is 14.2 Å². The van der Waals surface area contributed by atoms with Crippen molar-refractivity contribution in [3.63, 3.8) is 0 Å². The monoisotopic (exact) mass is 250 g/mol. The van der Waals surface area contributed by atoms with Crippen molar-refractivity contribution in [3.8, 4) is 5.75 Å². The molecule has 0 heterocycles. The van der Waals surface area contributed by atoms with Gasteiger partial charge in [0.2, 0.25) is 0 Å². The molecule has 98 valence electrons. The highest BCUT2D eigenvalue weighted by atomic mass is 16.5. The first kappa shape index (κ1) is 14.2. The van der Waals surface area contributed by atoms with E-state index in [0.29, 0.717) is 6.42 Å². The average molecular weight is 250 g/mol. The average Bonchev–Trinajstić information content (AvgIpc) is 2.39. The summed E-state index contributed by atoms with van der Waals surface area (Å²) in [6.45, 7) is 1.53. The molecule has 0 amide bonds. The molecule has 1 aromatic rings. The minimum absolute atomic E-state index is 0.0454. The number of esters is 1. The van der Waals surface area contributed by atoms with E-state index in [1.54, 1.807) is 7.11 Å². The molecular weight excluding hydrogens is 232 g/mol. The summed E-state index contributed by atoms with van der Waals surface area (Å²) in [7, 11) is 2.94. The Morgan fingerprint density at radius 3 is 2.22 bits per heavy atom. The smallest absolute Gasteiger partial charge is 0.305 e. The quantitative estimate of drug-likeness (QED) is 0.727. The van der Waals surface area contributed by atoms with E-state index in [2.05, 4.69) is 4.74 Å². The first-order chi connectivity index (χ1) is 8.58. The molecule has 18 heavy (non-hydrogen) atoms. The Morgan fingerprint density at radius 2 is 1.78 bits per heavy atom. The van der Waals surface area contributed by atoms with Crippen LogP contribution in [-0.2, 0) is 14.3 Å². The van der Waals surface area contributed by atoms with Gasteiger partial charge in [-0.3, -0.25) is 9.59 Å². The lowest BCUT2D eigenvalue weighted by atomic mass is 9.91. The highest BCUT2D eigenvalue weighted by molar-refractivity contribution is 5.84. The number of rotatable bonds is 6. The molecule has 0 saturated carbocycles. The highest BCUT2D eigenvalue weighted by Crippen LogP contribution is 2.24. The molecule has 1 rings (SSSR count). The van der Waals surface area contributed by atoms with Crippen molar-refractivity contribution in [2.45, 2.75) is 25.7 Å². The topological polar surface area (TPSA) is 52.6 Å². The number of methoxy groups -OCH3 is 2. The minimum Gasteiger partial charge on any atom is -0.497 e. The maximum atomic E-state index is 11.6. The van der Waals surface area contributed by atoms with Gasteiger partial charge < -0.3 is 9.47 Å². The van der Waals surface area contributed by atoms with Crippen LogP contribution in [0.1, 0.15) is 31.2 Å². The van der Waals surface area contributed by atoms with Crippen LogP contribution < -0.4 is 4.74 Å². The van der Waals surface area contributed by atoms with Gasteiger partial charge in [-0.2, -0.15) is 0 Å². The Labute approximate surface area is 107 Å². The lowest BCUT2D eigenvalue weighted by molar-refractivity contribution is -0.140. The molecule has 0 N–H and O–H groups in total. The molecular formula is C14H18O4. The Hall–Kier alpha value is -1.84. The molecule has 4 heteroatoms. The molecule has 0 aliphatic rings. The fourth-order valence-corrected chi connectivity index (χ4v) is 1.81. The Balaban J connectivity index is 2.77. The van der Waals surface area contributed by atoms with Crippen LogP contribution in [0.2, 0.25) is 0 Å². The van der Waals surface area contributed by atoms with Crippen LogP contribution in [0.25, 0.3) is 0 Å². The van der Waals surface area contributed by atoms with Crippen molar-refractivity contribution >= 4 is 11.8 Å². The van der Waals surface area contributed by atoms with Crippen molar-refractivity contribution in [3.05, 3.63) is 29.8 Å². The fourth-order valence-electron chi connectivity index (χ4n) is 1.81. The van der Waals surface area contributed by atoms with Gasteiger partial charge in [-0.1, -0.05) is 12.1 Å². The molecule has 0 aliphatic heterocycles. The van der Waals surface area contributed by atoms with E-state index < -0.39 is 0 Å². The number of Topliss-reactive ketones (excluding diaryl/α,β-unsaturated/α-hetero) is 1. The van der Waals surface area contributed by atoms with Crippen LogP contribution in [0, 0.1) is 0 Å². The van der Waals surface area contributed by atoms with Crippen molar-refractivity contribution in [2.24, 2.45) is 0 Å². The van der Waals surface area contributed by atoms with E-state index >= 15 is 0 Å². The van der Waals surface area contributed by atoms with E-state index in [9.17, 15) is 9.59 Å². The predicted octanol–water partition coefficient (Wildman–Crippen LogP) is 2.32. The number of hydrogen-bond donors (Lipinski definition) is 0. The molecule has 0 unspecified atom stereocenters. The van der Waals surface area contributed by atoms with Crippen molar-refractivity contribution in [1.29, 1.82) is 0 Å². The zero-order valence-electron chi connectivity index (χ0n) is 10.9. The van der Waals surface area contributed by atoms with Crippen molar-refractivity contribution in [1.82, 2.24) is 0 Å². The Kier molecular flexibility index (Phi) is 5.36. The van der Waals surface area contributed by atoms with E-state index in [4.69, 9.17) is 4.74 Å². The van der Waals surface area contributed by atoms with Crippen LogP contribution in [0.15, 0.2) is 24.3 Å². The van der Waals surface area contributed by atoms with Gasteiger partial charge in [0.15, 0.2) is 0 Å². The van der Waals surface area contributed by atoms with Gasteiger partial charge >= 0.3 is 5.97 Å². The Bertz CT molecular complexity index is 408. The number of ether oxygens (including phenoxy) is 2. The van der Waals surface area contributed by atoms with Crippen molar-refractivity contribution < 1.29 is 19.1 Å². The van der Waals surface area contributed by atoms with E-state index in [1.165, 1.54) is 14.0 Å². The van der Waals surface area contributed by atoms with Crippen LogP contribution in [-0.4, -0.2) is 26.0 Å². The third kappa shape index (κ3) is 3.87. The van der Waals surface area contributed by atoms with Crippen LogP contribution in [0.5, 0.6) is 5.75 Å². The number of benzene rings is 1. The molecule has 0 bridgehead atoms. The van der Waals surface area contributed by atoms with E-state index in [0.717, 1.165) is 11.3 Å². The zero-order valence-corrected chi connectivity index (χ0v) is 10.9. The molecule has 1 aromatic carbocycles. The maximum Gasteiger partial charge on any atom is 0.305 e. The lowest BCUT2D eigenvalue weighted by Gasteiger charge is -2.14. The Morgan fingerprint density at radius 1 is 1.17 bits per heavy atom. The summed E-state index contributed by atoms with van der Waals surface area (Å²) in [6.07, 6.45) is 0.709. The second-order valence-electron chi connectivity index (χ2n) is 4.05. The molecule has 0 radical (unpaired) electrons. The summed E-state index contributed by atoms with van der Waals surface area (Å²) in [5, 5.41) is 0. The molecule has 4 nitrogen and oxygen atoms in total. The summed E-state index contributed by atoms with van der Waals surface area (Å²) in [6, 6.07) is 7.32. The fraction of sp³-hybridized carbons (Fsp3) is 0.429. The van der Waals surface area contributed by atoms with Crippen molar-refractivity contribution in [2.75, 3.05) is 14.2 Å². The van der Waals surface area contributed by atoms with Gasteiger partial charge in [0.25, 0.3) is 0 Å². The third-order valence-electron chi connectivity index (χ3n) is 2.87. The minimum atomic E-state index is -0.297. The lowest BCUT2D eigenvalue weighted by Crippen LogP contribution is -2.12. The predicted molar refractivity (Wildman–Crippen MR) is 67.7 cm³/mol. The first-order valence-corrected chi connectivity index (χ1v) is 5.79.